The van der Waals surface area contributed by atoms with Crippen LogP contribution in [0.5, 0.6) is 0 Å². The molecule has 1 fully saturated rings. The van der Waals surface area contributed by atoms with Crippen LogP contribution in [-0.2, 0) is 0 Å². The van der Waals surface area contributed by atoms with Crippen LogP contribution < -0.4 is 10.6 Å². The van der Waals surface area contributed by atoms with Gasteiger partial charge in [-0.05, 0) is 42.7 Å². The van der Waals surface area contributed by atoms with Gasteiger partial charge in [-0.15, -0.1) is 11.3 Å². The lowest BCUT2D eigenvalue weighted by Crippen LogP contribution is -2.40. The fourth-order valence-corrected chi connectivity index (χ4v) is 5.57. The first kappa shape index (κ1) is 23.8. The quantitative estimate of drug-likeness (QED) is 0.271. The van der Waals surface area contributed by atoms with E-state index in [1.54, 1.807) is 16.5 Å². The molecule has 38 heavy (non-hydrogen) atoms. The molecule has 2 aromatic carbocycles. The van der Waals surface area contributed by atoms with E-state index in [2.05, 4.69) is 30.8 Å². The maximum Gasteiger partial charge on any atom is 0.323 e. The van der Waals surface area contributed by atoms with Crippen LogP contribution in [0.1, 0.15) is 34.3 Å². The van der Waals surface area contributed by atoms with Gasteiger partial charge in [0.05, 0.1) is 16.2 Å². The van der Waals surface area contributed by atoms with Gasteiger partial charge in [0.1, 0.15) is 5.69 Å². The van der Waals surface area contributed by atoms with E-state index in [1.165, 1.54) is 11.3 Å². The zero-order valence-corrected chi connectivity index (χ0v) is 21.2. The maximum atomic E-state index is 12.8. The van der Waals surface area contributed by atoms with Crippen LogP contribution in [0.3, 0.4) is 0 Å². The maximum absolute atomic E-state index is 12.8. The van der Waals surface area contributed by atoms with Crippen molar-refractivity contribution in [3.63, 3.8) is 0 Å². The van der Waals surface area contributed by atoms with E-state index in [9.17, 15) is 9.59 Å². The van der Waals surface area contributed by atoms with Gasteiger partial charge in [-0.2, -0.15) is 5.10 Å². The molecule has 0 atom stereocenters. The van der Waals surface area contributed by atoms with E-state index >= 15 is 0 Å². The highest BCUT2D eigenvalue weighted by Crippen LogP contribution is 2.31. The molecule has 0 saturated carbocycles. The summed E-state index contributed by atoms with van der Waals surface area (Å²) < 4.78 is 0. The average Bonchev–Trinajstić information content (AvgIpc) is 3.64. The topological polar surface area (TPSA) is 116 Å². The summed E-state index contributed by atoms with van der Waals surface area (Å²) in [6, 6.07) is 21.0. The zero-order valence-electron chi connectivity index (χ0n) is 20.4. The summed E-state index contributed by atoms with van der Waals surface area (Å²) in [5, 5.41) is 16.7. The van der Waals surface area contributed by atoms with Crippen molar-refractivity contribution in [1.82, 2.24) is 25.1 Å². The van der Waals surface area contributed by atoms with Crippen molar-refractivity contribution in [2.75, 3.05) is 23.7 Å². The number of amides is 3. The van der Waals surface area contributed by atoms with Gasteiger partial charge in [-0.1, -0.05) is 36.4 Å². The molecular weight excluding hydrogens is 498 g/mol. The second kappa shape index (κ2) is 10.4. The van der Waals surface area contributed by atoms with Crippen molar-refractivity contribution < 1.29 is 9.59 Å². The molecule has 0 radical (unpaired) electrons. The molecule has 1 saturated heterocycles. The number of urea groups is 1. The minimum Gasteiger partial charge on any atom is -0.324 e. The van der Waals surface area contributed by atoms with Crippen LogP contribution >= 0.6 is 11.3 Å². The van der Waals surface area contributed by atoms with Crippen molar-refractivity contribution in [3.8, 4) is 11.3 Å². The highest BCUT2D eigenvalue weighted by atomic mass is 32.1. The third-order valence-corrected chi connectivity index (χ3v) is 7.65. The summed E-state index contributed by atoms with van der Waals surface area (Å²) >= 11 is 1.50. The molecule has 0 bridgehead atoms. The number of aromatic nitrogens is 4. The number of rotatable bonds is 5. The molecule has 3 N–H and O–H groups in total. The number of carbonyl (C=O) groups is 2. The molecule has 1 aliphatic rings. The number of piperidine rings is 1. The second-order valence-corrected chi connectivity index (χ2v) is 10.1. The van der Waals surface area contributed by atoms with E-state index in [-0.39, 0.29) is 17.9 Å². The number of fused-ring (bicyclic) bond motifs is 1. The molecule has 9 nitrogen and oxygen atoms in total. The SMILES string of the molecule is O=C(Nc1ccc2ncccc2c1)c1csc(C2CCN(C(=O)Nc3cc(-c4ccccc4)[nH]n3)CC2)n1. The number of benzene rings is 2. The van der Waals surface area contributed by atoms with Crippen LogP contribution in [0, 0.1) is 0 Å². The molecule has 6 rings (SSSR count). The standard InChI is InChI=1S/C28H25N7O2S/c36-26(30-21-8-9-22-20(15-21)7-4-12-29-22)24-17-38-27(31-24)19-10-13-35(14-11-19)28(37)32-25-16-23(33-34-25)18-5-2-1-3-6-18/h1-9,12,15-17,19H,10-11,13-14H2,(H,30,36)(H2,32,33,34,37). The van der Waals surface area contributed by atoms with E-state index in [0.717, 1.165) is 40.0 Å². The van der Waals surface area contributed by atoms with Gasteiger partial charge >= 0.3 is 6.03 Å². The molecule has 5 aromatic rings. The summed E-state index contributed by atoms with van der Waals surface area (Å²) in [5.41, 5.74) is 3.84. The van der Waals surface area contributed by atoms with E-state index in [4.69, 9.17) is 0 Å². The van der Waals surface area contributed by atoms with Crippen molar-refractivity contribution in [3.05, 3.63) is 89.0 Å². The highest BCUT2D eigenvalue weighted by Gasteiger charge is 2.27. The molecule has 4 heterocycles. The van der Waals surface area contributed by atoms with Crippen molar-refractivity contribution in [1.29, 1.82) is 0 Å². The zero-order chi connectivity index (χ0) is 25.9. The molecule has 0 spiro atoms. The van der Waals surface area contributed by atoms with E-state index in [1.807, 2.05) is 66.7 Å². The fraction of sp³-hybridized carbons (Fsp3) is 0.179. The summed E-state index contributed by atoms with van der Waals surface area (Å²) in [7, 11) is 0. The monoisotopic (exact) mass is 523 g/mol. The van der Waals surface area contributed by atoms with Gasteiger partial charge in [-0.25, -0.2) is 9.78 Å². The van der Waals surface area contributed by atoms with Gasteiger partial charge in [0.25, 0.3) is 5.91 Å². The van der Waals surface area contributed by atoms with Crippen molar-refractivity contribution in [2.24, 2.45) is 0 Å². The summed E-state index contributed by atoms with van der Waals surface area (Å²) in [5.74, 6) is 0.475. The molecule has 0 unspecified atom stereocenters. The molecule has 3 aromatic heterocycles. The lowest BCUT2D eigenvalue weighted by atomic mass is 9.98. The largest absolute Gasteiger partial charge is 0.324 e. The molecule has 190 valence electrons. The number of thiazole rings is 1. The Morgan fingerprint density at radius 3 is 2.66 bits per heavy atom. The normalized spacial score (nSPS) is 13.9. The Hall–Kier alpha value is -4.57. The van der Waals surface area contributed by atoms with Crippen LogP contribution in [-0.4, -0.2) is 50.1 Å². The minimum atomic E-state index is -0.235. The number of anilines is 2. The summed E-state index contributed by atoms with van der Waals surface area (Å²) in [6.07, 6.45) is 3.32. The Balaban J connectivity index is 1.03. The van der Waals surface area contributed by atoms with Crippen molar-refractivity contribution >= 4 is 45.7 Å². The van der Waals surface area contributed by atoms with Gasteiger partial charge < -0.3 is 10.2 Å². The number of H-pyrrole nitrogens is 1. The molecular formula is C28H25N7O2S. The van der Waals surface area contributed by atoms with Gasteiger partial charge in [-0.3, -0.25) is 20.2 Å². The van der Waals surface area contributed by atoms with E-state index < -0.39 is 0 Å². The summed E-state index contributed by atoms with van der Waals surface area (Å²) in [6.45, 7) is 1.22. The first-order chi connectivity index (χ1) is 18.6. The Morgan fingerprint density at radius 1 is 0.974 bits per heavy atom. The average molecular weight is 524 g/mol. The number of hydrogen-bond acceptors (Lipinski definition) is 6. The lowest BCUT2D eigenvalue weighted by Gasteiger charge is -2.30. The Labute approximate surface area is 222 Å². The third kappa shape index (κ3) is 5.12. The molecule has 10 heteroatoms. The van der Waals surface area contributed by atoms with Crippen LogP contribution in [0.4, 0.5) is 16.3 Å². The van der Waals surface area contributed by atoms with Gasteiger partial charge in [0, 0.05) is 47.7 Å². The molecule has 1 aliphatic heterocycles. The number of pyridine rings is 1. The predicted molar refractivity (Wildman–Crippen MR) is 148 cm³/mol. The Kier molecular flexibility index (Phi) is 6.53. The predicted octanol–water partition coefficient (Wildman–Crippen LogP) is 5.75. The number of nitrogens with zero attached hydrogens (tertiary/aromatic N) is 4. The Bertz CT molecular complexity index is 1590. The molecule has 0 aliphatic carbocycles. The first-order valence-electron chi connectivity index (χ1n) is 12.4. The molecule has 3 amide bonds. The van der Waals surface area contributed by atoms with Crippen molar-refractivity contribution in [2.45, 2.75) is 18.8 Å². The summed E-state index contributed by atoms with van der Waals surface area (Å²) in [4.78, 5) is 36.3. The lowest BCUT2D eigenvalue weighted by molar-refractivity contribution is 0.102. The minimum absolute atomic E-state index is 0.167. The second-order valence-electron chi connectivity index (χ2n) is 9.16. The van der Waals surface area contributed by atoms with Crippen LogP contribution in [0.2, 0.25) is 0 Å². The van der Waals surface area contributed by atoms with E-state index in [0.29, 0.717) is 30.3 Å². The smallest absolute Gasteiger partial charge is 0.323 e. The number of carbonyl (C=O) groups excluding carboxylic acids is 2. The third-order valence-electron chi connectivity index (χ3n) is 6.64. The van der Waals surface area contributed by atoms with Gasteiger partial charge in [0.15, 0.2) is 5.82 Å². The number of nitrogens with one attached hydrogen (secondary N) is 3. The number of aromatic amines is 1. The Morgan fingerprint density at radius 2 is 1.82 bits per heavy atom. The van der Waals surface area contributed by atoms with Crippen LogP contribution in [0.15, 0.2) is 78.3 Å². The number of hydrogen-bond donors (Lipinski definition) is 3. The highest BCUT2D eigenvalue weighted by molar-refractivity contribution is 7.10. The first-order valence-corrected chi connectivity index (χ1v) is 13.3. The van der Waals surface area contributed by atoms with Gasteiger partial charge in [0.2, 0.25) is 0 Å². The fourth-order valence-electron chi connectivity index (χ4n) is 4.60. The number of likely N-dealkylation sites (tertiary alicyclic amines) is 1. The van der Waals surface area contributed by atoms with Crippen LogP contribution in [0.25, 0.3) is 22.2 Å².